The number of allylic oxidation sites excluding steroid dienone is 5. The van der Waals surface area contributed by atoms with Crippen molar-refractivity contribution in [3.63, 3.8) is 0 Å². The molecule has 0 unspecified atom stereocenters. The van der Waals surface area contributed by atoms with E-state index in [9.17, 15) is 0 Å². The fraction of sp³-hybridized carbons (Fsp3) is 0.100. The molecule has 7 aromatic rings. The molecule has 0 radical (unpaired) electrons. The van der Waals surface area contributed by atoms with E-state index < -0.39 is 0 Å². The third kappa shape index (κ3) is 3.92. The Morgan fingerprint density at radius 3 is 2.44 bits per heavy atom. The highest BCUT2D eigenvalue weighted by Crippen LogP contribution is 2.46. The largest absolute Gasteiger partial charge is 0.455 e. The monoisotopic (exact) mass is 571 g/mol. The van der Waals surface area contributed by atoms with Gasteiger partial charge < -0.3 is 9.32 Å². The van der Waals surface area contributed by atoms with Crippen LogP contribution in [-0.4, -0.2) is 0 Å². The maximum absolute atomic E-state index is 6.46. The Hall–Kier alpha value is -4.86. The second-order valence-corrected chi connectivity index (χ2v) is 12.5. The zero-order chi connectivity index (χ0) is 28.3. The number of nitrogens with zero attached hydrogens (tertiary/aromatic N) is 1. The van der Waals surface area contributed by atoms with E-state index in [1.165, 1.54) is 64.9 Å². The predicted octanol–water partition coefficient (Wildman–Crippen LogP) is 11.5. The first-order valence-electron chi connectivity index (χ1n) is 15.1. The number of anilines is 1. The van der Waals surface area contributed by atoms with Crippen LogP contribution in [0.4, 0.5) is 5.69 Å². The van der Waals surface area contributed by atoms with Crippen molar-refractivity contribution in [1.82, 2.24) is 0 Å². The van der Waals surface area contributed by atoms with Crippen LogP contribution in [0.25, 0.3) is 54.1 Å². The predicted molar refractivity (Wildman–Crippen MR) is 184 cm³/mol. The molecule has 0 atom stereocenters. The van der Waals surface area contributed by atoms with Gasteiger partial charge in [-0.25, -0.2) is 0 Å². The van der Waals surface area contributed by atoms with Gasteiger partial charge in [0.1, 0.15) is 11.2 Å². The number of hydrogen-bond acceptors (Lipinski definition) is 3. The van der Waals surface area contributed by atoms with Crippen LogP contribution >= 0.6 is 11.3 Å². The zero-order valence-corrected chi connectivity index (χ0v) is 24.5. The summed E-state index contributed by atoms with van der Waals surface area (Å²) in [7, 11) is 0. The standard InChI is InChI=1S/C40H29NOS/c1-2-12-28(13-3-1)41(36-19-10-17-33-31-16-7-9-20-38(31)43-40(33)36)35-18-8-6-14-29(35)27-22-24-37-34(25-27)32-23-21-26-11-4-5-15-30(26)39(32)42-37/h1-7,9,11-16,19-25H,8,10,17-18H2. The minimum Gasteiger partial charge on any atom is -0.455 e. The molecule has 2 aromatic heterocycles. The van der Waals surface area contributed by atoms with Crippen molar-refractivity contribution >= 4 is 71.1 Å². The Morgan fingerprint density at radius 1 is 0.674 bits per heavy atom. The molecule has 206 valence electrons. The van der Waals surface area contributed by atoms with E-state index in [4.69, 9.17) is 4.42 Å². The number of fused-ring (bicyclic) bond motifs is 8. The van der Waals surface area contributed by atoms with Gasteiger partial charge in [0.05, 0.1) is 10.6 Å². The molecule has 43 heavy (non-hydrogen) atoms. The molecule has 9 rings (SSSR count). The van der Waals surface area contributed by atoms with E-state index >= 15 is 0 Å². The molecule has 0 aliphatic heterocycles. The SMILES string of the molecule is C1=CC(c2ccc3oc4c5ccccc5ccc4c3c2)=C(N(C2=CCCc3c2sc2ccccc32)c2ccccc2)CC1. The Morgan fingerprint density at radius 2 is 1.51 bits per heavy atom. The Bertz CT molecular complexity index is 2300. The van der Waals surface area contributed by atoms with Crippen molar-refractivity contribution in [2.75, 3.05) is 4.90 Å². The normalized spacial score (nSPS) is 15.0. The maximum atomic E-state index is 6.46. The van der Waals surface area contributed by atoms with E-state index in [1.54, 1.807) is 0 Å². The minimum atomic E-state index is 0.932. The fourth-order valence-corrected chi connectivity index (χ4v) is 8.31. The Kier molecular flexibility index (Phi) is 5.67. The lowest BCUT2D eigenvalue weighted by Gasteiger charge is -2.34. The average molecular weight is 572 g/mol. The lowest BCUT2D eigenvalue weighted by atomic mass is 9.92. The number of benzene rings is 5. The van der Waals surface area contributed by atoms with Crippen LogP contribution < -0.4 is 4.90 Å². The summed E-state index contributed by atoms with van der Waals surface area (Å²) in [5.41, 5.74) is 9.77. The van der Waals surface area contributed by atoms with Crippen molar-refractivity contribution in [3.8, 4) is 0 Å². The molecule has 2 aliphatic rings. The molecule has 2 nitrogen and oxygen atoms in total. The third-order valence-electron chi connectivity index (χ3n) is 9.00. The van der Waals surface area contributed by atoms with E-state index in [1.807, 2.05) is 11.3 Å². The highest BCUT2D eigenvalue weighted by atomic mass is 32.1. The summed E-state index contributed by atoms with van der Waals surface area (Å²) in [6.07, 6.45) is 11.3. The Balaban J connectivity index is 1.26. The quantitative estimate of drug-likeness (QED) is 0.209. The second-order valence-electron chi connectivity index (χ2n) is 11.5. The van der Waals surface area contributed by atoms with E-state index in [0.29, 0.717) is 0 Å². The van der Waals surface area contributed by atoms with Gasteiger partial charge in [-0.15, -0.1) is 11.3 Å². The summed E-state index contributed by atoms with van der Waals surface area (Å²) in [6, 6.07) is 39.5. The van der Waals surface area contributed by atoms with Crippen molar-refractivity contribution in [1.29, 1.82) is 0 Å². The number of para-hydroxylation sites is 1. The van der Waals surface area contributed by atoms with E-state index in [-0.39, 0.29) is 0 Å². The number of hydrogen-bond donors (Lipinski definition) is 0. The van der Waals surface area contributed by atoms with Crippen LogP contribution in [0.2, 0.25) is 0 Å². The van der Waals surface area contributed by atoms with Crippen molar-refractivity contribution < 1.29 is 4.42 Å². The van der Waals surface area contributed by atoms with Gasteiger partial charge in [0, 0.05) is 37.8 Å². The van der Waals surface area contributed by atoms with Crippen LogP contribution in [0.3, 0.4) is 0 Å². The first-order valence-corrected chi connectivity index (χ1v) is 16.0. The molecule has 0 saturated carbocycles. The average Bonchev–Trinajstić information content (AvgIpc) is 3.65. The lowest BCUT2D eigenvalue weighted by Crippen LogP contribution is -2.24. The fourth-order valence-electron chi connectivity index (χ4n) is 7.03. The molecule has 2 aliphatic carbocycles. The number of furan rings is 1. The zero-order valence-electron chi connectivity index (χ0n) is 23.7. The number of thiophene rings is 1. The summed E-state index contributed by atoms with van der Waals surface area (Å²) < 4.78 is 7.83. The molecule has 0 bridgehead atoms. The minimum absolute atomic E-state index is 0.932. The molecule has 0 saturated heterocycles. The highest BCUT2D eigenvalue weighted by Gasteiger charge is 2.28. The molecule has 5 aromatic carbocycles. The van der Waals surface area contributed by atoms with Crippen LogP contribution in [0.15, 0.2) is 138 Å². The van der Waals surface area contributed by atoms with Gasteiger partial charge in [-0.2, -0.15) is 0 Å². The van der Waals surface area contributed by atoms with Gasteiger partial charge >= 0.3 is 0 Å². The molecular weight excluding hydrogens is 543 g/mol. The lowest BCUT2D eigenvalue weighted by molar-refractivity contribution is 0.672. The third-order valence-corrected chi connectivity index (χ3v) is 10.2. The summed E-state index contributed by atoms with van der Waals surface area (Å²) in [4.78, 5) is 3.96. The molecule has 0 fully saturated rings. The van der Waals surface area contributed by atoms with Crippen molar-refractivity contribution in [3.05, 3.63) is 149 Å². The number of rotatable bonds is 4. The van der Waals surface area contributed by atoms with Crippen molar-refractivity contribution in [2.24, 2.45) is 0 Å². The van der Waals surface area contributed by atoms with Gasteiger partial charge in [-0.05, 0) is 84.0 Å². The molecule has 3 heteroatoms. The summed E-state index contributed by atoms with van der Waals surface area (Å²) >= 11 is 1.93. The Labute approximate surface area is 254 Å². The molecule has 0 N–H and O–H groups in total. The van der Waals surface area contributed by atoms with Crippen LogP contribution in [-0.2, 0) is 6.42 Å². The molecule has 2 heterocycles. The smallest absolute Gasteiger partial charge is 0.143 e. The second kappa shape index (κ2) is 9.86. The van der Waals surface area contributed by atoms with E-state index in [0.717, 1.165) is 42.2 Å². The van der Waals surface area contributed by atoms with Crippen LogP contribution in [0.5, 0.6) is 0 Å². The van der Waals surface area contributed by atoms with E-state index in [2.05, 4.69) is 132 Å². The topological polar surface area (TPSA) is 16.4 Å². The molecular formula is C40H29NOS. The summed E-state index contributed by atoms with van der Waals surface area (Å²) in [6.45, 7) is 0. The molecule has 0 spiro atoms. The van der Waals surface area contributed by atoms with Gasteiger partial charge in [0.2, 0.25) is 0 Å². The van der Waals surface area contributed by atoms with Gasteiger partial charge in [-0.3, -0.25) is 0 Å². The summed E-state index contributed by atoms with van der Waals surface area (Å²) in [5, 5.41) is 6.10. The maximum Gasteiger partial charge on any atom is 0.143 e. The van der Waals surface area contributed by atoms with Crippen LogP contribution in [0.1, 0.15) is 35.3 Å². The van der Waals surface area contributed by atoms with Gasteiger partial charge in [0.25, 0.3) is 0 Å². The van der Waals surface area contributed by atoms with Crippen LogP contribution in [0, 0.1) is 0 Å². The first-order chi connectivity index (χ1) is 21.3. The van der Waals surface area contributed by atoms with Gasteiger partial charge in [0.15, 0.2) is 0 Å². The summed E-state index contributed by atoms with van der Waals surface area (Å²) in [5.74, 6) is 0. The van der Waals surface area contributed by atoms with Gasteiger partial charge in [-0.1, -0.05) is 91.0 Å². The molecule has 0 amide bonds. The highest BCUT2D eigenvalue weighted by molar-refractivity contribution is 7.20. The van der Waals surface area contributed by atoms with Crippen molar-refractivity contribution in [2.45, 2.75) is 25.7 Å². The number of aryl methyl sites for hydroxylation is 1. The first kappa shape index (κ1) is 24.7.